The van der Waals surface area contributed by atoms with Gasteiger partial charge in [0.25, 0.3) is 0 Å². The van der Waals surface area contributed by atoms with Gasteiger partial charge in [0.2, 0.25) is 0 Å². The van der Waals surface area contributed by atoms with Gasteiger partial charge in [-0.2, -0.15) is 5.10 Å². The third kappa shape index (κ3) is 1.65. The van der Waals surface area contributed by atoms with Gasteiger partial charge in [0.05, 0.1) is 23.1 Å². The third-order valence-corrected chi connectivity index (χ3v) is 4.58. The summed E-state index contributed by atoms with van der Waals surface area (Å²) in [5.74, 6) is 0.419. The lowest BCUT2D eigenvalue weighted by atomic mass is 10.0. The van der Waals surface area contributed by atoms with Crippen molar-refractivity contribution in [2.45, 2.75) is 25.3 Å². The van der Waals surface area contributed by atoms with Gasteiger partial charge in [-0.3, -0.25) is 4.99 Å². The fourth-order valence-electron chi connectivity index (χ4n) is 3.14. The number of fused-ring (bicyclic) bond motifs is 2. The summed E-state index contributed by atoms with van der Waals surface area (Å²) in [5, 5.41) is 6.42. The lowest BCUT2D eigenvalue weighted by Crippen LogP contribution is -2.38. The minimum atomic E-state index is 0.346. The Balaban J connectivity index is 1.98. The van der Waals surface area contributed by atoms with Gasteiger partial charge in [-0.15, -0.1) is 0 Å². The maximum Gasteiger partial charge on any atom is 0.159 e. The summed E-state index contributed by atoms with van der Waals surface area (Å²) in [5.41, 5.74) is 1.95. The highest BCUT2D eigenvalue weighted by Crippen LogP contribution is 2.36. The topological polar surface area (TPSA) is 30.2 Å². The van der Waals surface area contributed by atoms with E-state index in [-0.39, 0.29) is 0 Å². The second kappa shape index (κ2) is 4.20. The second-order valence-corrected chi connectivity index (χ2v) is 5.62. The Morgan fingerprint density at radius 1 is 1.16 bits per heavy atom. The maximum absolute atomic E-state index is 6.55. The van der Waals surface area contributed by atoms with Crippen molar-refractivity contribution in [3.05, 3.63) is 47.2 Å². The van der Waals surface area contributed by atoms with E-state index in [9.17, 15) is 0 Å². The Morgan fingerprint density at radius 3 is 2.84 bits per heavy atom. The van der Waals surface area contributed by atoms with Crippen LogP contribution in [0.15, 0.2) is 41.5 Å². The Kier molecular flexibility index (Phi) is 2.49. The smallest absolute Gasteiger partial charge is 0.159 e. The standard InChI is InChI=1S/C15H14ClN3/c16-14-11-7-4-8-13(11)18-15-12(14)9-17-19(15)10-5-2-1-3-6-10/h1-3,5-6,9,11,13H,4,7-8H2. The summed E-state index contributed by atoms with van der Waals surface area (Å²) in [6.45, 7) is 0. The number of rotatable bonds is 1. The highest BCUT2D eigenvalue weighted by molar-refractivity contribution is 6.45. The van der Waals surface area contributed by atoms with Crippen molar-refractivity contribution >= 4 is 16.6 Å². The van der Waals surface area contributed by atoms with Gasteiger partial charge in [-0.25, -0.2) is 4.68 Å². The molecule has 1 aliphatic heterocycles. The highest BCUT2D eigenvalue weighted by Gasteiger charge is 2.32. The third-order valence-electron chi connectivity index (χ3n) is 4.10. The lowest BCUT2D eigenvalue weighted by Gasteiger charge is -2.18. The molecule has 0 N–H and O–H groups in total. The Morgan fingerprint density at radius 2 is 2.00 bits per heavy atom. The molecule has 19 heavy (non-hydrogen) atoms. The van der Waals surface area contributed by atoms with Crippen LogP contribution < -0.4 is 10.7 Å². The monoisotopic (exact) mass is 271 g/mol. The van der Waals surface area contributed by atoms with E-state index in [4.69, 9.17) is 16.6 Å². The van der Waals surface area contributed by atoms with E-state index in [1.54, 1.807) is 0 Å². The van der Waals surface area contributed by atoms with Crippen LogP contribution >= 0.6 is 11.6 Å². The molecule has 0 saturated heterocycles. The van der Waals surface area contributed by atoms with Crippen LogP contribution in [0.4, 0.5) is 0 Å². The average molecular weight is 272 g/mol. The predicted molar refractivity (Wildman–Crippen MR) is 74.7 cm³/mol. The number of benzene rings is 1. The van der Waals surface area contributed by atoms with E-state index in [2.05, 4.69) is 5.10 Å². The van der Waals surface area contributed by atoms with Crippen molar-refractivity contribution in [3.8, 4) is 5.69 Å². The summed E-state index contributed by atoms with van der Waals surface area (Å²) in [6, 6.07) is 10.4. The molecule has 4 heteroatoms. The fraction of sp³-hybridized carbons (Fsp3) is 0.333. The molecule has 96 valence electrons. The summed E-state index contributed by atoms with van der Waals surface area (Å²) in [4.78, 5) is 4.89. The summed E-state index contributed by atoms with van der Waals surface area (Å²) in [6.07, 6.45) is 5.37. The largest absolute Gasteiger partial charge is 0.262 e. The van der Waals surface area contributed by atoms with Crippen molar-refractivity contribution in [2.75, 3.05) is 0 Å². The Bertz CT molecular complexity index is 732. The predicted octanol–water partition coefficient (Wildman–Crippen LogP) is 2.02. The fourth-order valence-corrected chi connectivity index (χ4v) is 3.53. The van der Waals surface area contributed by atoms with Gasteiger partial charge in [0.1, 0.15) is 0 Å². The zero-order valence-electron chi connectivity index (χ0n) is 10.5. The number of hydrogen-bond donors (Lipinski definition) is 0. The molecule has 1 aliphatic carbocycles. The van der Waals surface area contributed by atoms with Crippen molar-refractivity contribution in [3.63, 3.8) is 0 Å². The molecule has 0 amide bonds. The van der Waals surface area contributed by atoms with Crippen molar-refractivity contribution < 1.29 is 0 Å². The molecule has 4 rings (SSSR count). The zero-order valence-corrected chi connectivity index (χ0v) is 11.2. The van der Waals surface area contributed by atoms with E-state index in [0.29, 0.717) is 12.0 Å². The van der Waals surface area contributed by atoms with Gasteiger partial charge in [-0.05, 0) is 25.0 Å². The molecule has 1 aromatic heterocycles. The van der Waals surface area contributed by atoms with Crippen LogP contribution in [-0.2, 0) is 0 Å². The quantitative estimate of drug-likeness (QED) is 0.780. The Labute approximate surface area is 116 Å². The maximum atomic E-state index is 6.55. The summed E-state index contributed by atoms with van der Waals surface area (Å²) in [7, 11) is 0. The van der Waals surface area contributed by atoms with Gasteiger partial charge in [0.15, 0.2) is 5.49 Å². The minimum Gasteiger partial charge on any atom is -0.262 e. The number of halogens is 1. The van der Waals surface area contributed by atoms with Crippen molar-refractivity contribution in [1.29, 1.82) is 0 Å². The average Bonchev–Trinajstić information content (AvgIpc) is 3.07. The van der Waals surface area contributed by atoms with E-state index in [1.807, 2.05) is 41.2 Å². The normalized spacial score (nSPS) is 24.8. The lowest BCUT2D eigenvalue weighted by molar-refractivity contribution is 0.569. The zero-order chi connectivity index (χ0) is 12.8. The molecule has 2 aliphatic rings. The number of para-hydroxylation sites is 1. The van der Waals surface area contributed by atoms with Gasteiger partial charge < -0.3 is 0 Å². The van der Waals surface area contributed by atoms with E-state index >= 15 is 0 Å². The van der Waals surface area contributed by atoms with Crippen LogP contribution in [0.2, 0.25) is 0 Å². The molecule has 0 spiro atoms. The van der Waals surface area contributed by atoms with E-state index < -0.39 is 0 Å². The number of nitrogens with zero attached hydrogens (tertiary/aromatic N) is 3. The van der Waals surface area contributed by atoms with E-state index in [0.717, 1.165) is 34.3 Å². The first kappa shape index (κ1) is 11.2. The van der Waals surface area contributed by atoms with Crippen LogP contribution in [0.3, 0.4) is 0 Å². The van der Waals surface area contributed by atoms with E-state index in [1.165, 1.54) is 6.42 Å². The molecule has 2 unspecified atom stereocenters. The molecule has 1 saturated carbocycles. The molecule has 1 fully saturated rings. The van der Waals surface area contributed by atoms with Crippen LogP contribution in [-0.4, -0.2) is 15.8 Å². The first-order valence-electron chi connectivity index (χ1n) is 6.71. The SMILES string of the molecule is ClC1=c2cnn(-c3ccccc3)c2=NC2CCCC12. The van der Waals surface area contributed by atoms with Gasteiger partial charge >= 0.3 is 0 Å². The molecule has 2 aromatic rings. The second-order valence-electron chi connectivity index (χ2n) is 5.21. The number of hydrogen-bond acceptors (Lipinski definition) is 2. The van der Waals surface area contributed by atoms with Crippen LogP contribution in [0, 0.1) is 5.92 Å². The van der Waals surface area contributed by atoms with Crippen LogP contribution in [0.1, 0.15) is 19.3 Å². The van der Waals surface area contributed by atoms with Crippen LogP contribution in [0.5, 0.6) is 0 Å². The molecule has 1 aromatic carbocycles. The molecular weight excluding hydrogens is 258 g/mol. The van der Waals surface area contributed by atoms with Crippen molar-refractivity contribution in [1.82, 2.24) is 9.78 Å². The van der Waals surface area contributed by atoms with Gasteiger partial charge in [-0.1, -0.05) is 36.2 Å². The molecular formula is C15H14ClN3. The minimum absolute atomic E-state index is 0.346. The van der Waals surface area contributed by atoms with Crippen LogP contribution in [0.25, 0.3) is 10.7 Å². The first-order chi connectivity index (χ1) is 9.34. The summed E-state index contributed by atoms with van der Waals surface area (Å²) < 4.78 is 1.90. The first-order valence-corrected chi connectivity index (χ1v) is 7.09. The van der Waals surface area contributed by atoms with Gasteiger partial charge in [0, 0.05) is 11.0 Å². The molecule has 2 heterocycles. The number of aromatic nitrogens is 2. The molecule has 3 nitrogen and oxygen atoms in total. The molecule has 0 radical (unpaired) electrons. The molecule has 2 atom stereocenters. The van der Waals surface area contributed by atoms with Crippen molar-refractivity contribution in [2.24, 2.45) is 10.9 Å². The highest BCUT2D eigenvalue weighted by atomic mass is 35.5. The molecule has 0 bridgehead atoms. The summed E-state index contributed by atoms with van der Waals surface area (Å²) >= 11 is 6.55. The Hall–Kier alpha value is -1.61.